The second kappa shape index (κ2) is 14.2. The number of benzene rings is 4. The van der Waals surface area contributed by atoms with E-state index in [1.807, 2.05) is 34.9 Å². The van der Waals surface area contributed by atoms with Crippen LogP contribution in [0.25, 0.3) is 22.2 Å². The summed E-state index contributed by atoms with van der Waals surface area (Å²) in [5.74, 6) is -4.36. The maximum atomic E-state index is 13.5. The number of halogens is 3. The van der Waals surface area contributed by atoms with Crippen LogP contribution >= 0.6 is 0 Å². The first-order chi connectivity index (χ1) is 21.8. The number of nitrogens with zero attached hydrogens (tertiary/aromatic N) is 2. The van der Waals surface area contributed by atoms with E-state index in [4.69, 9.17) is 25.8 Å². The Morgan fingerprint density at radius 2 is 1.52 bits per heavy atom. The fraction of sp³-hybridized carbons (Fsp3) is 0.0938. The van der Waals surface area contributed by atoms with Gasteiger partial charge in [-0.15, -0.1) is 0 Å². The molecule has 0 saturated carbocycles. The van der Waals surface area contributed by atoms with Crippen molar-refractivity contribution in [2.75, 3.05) is 5.32 Å². The Morgan fingerprint density at radius 3 is 2.13 bits per heavy atom. The number of carbonyl (C=O) groups excluding carboxylic acids is 1. The minimum Gasteiger partial charge on any atom is -0.478 e. The lowest BCUT2D eigenvalue weighted by atomic mass is 9.94. The summed E-state index contributed by atoms with van der Waals surface area (Å²) in [4.78, 5) is 38.9. The Hall–Kier alpha value is -6.02. The van der Waals surface area contributed by atoms with Crippen LogP contribution in [-0.4, -0.2) is 49.6 Å². The van der Waals surface area contributed by atoms with Gasteiger partial charge in [-0.2, -0.15) is 13.2 Å². The van der Waals surface area contributed by atoms with Crippen molar-refractivity contribution in [1.82, 2.24) is 9.55 Å². The van der Waals surface area contributed by atoms with E-state index in [0.717, 1.165) is 5.56 Å². The molecule has 0 aliphatic rings. The van der Waals surface area contributed by atoms with Gasteiger partial charge in [0.25, 0.3) is 5.91 Å². The van der Waals surface area contributed by atoms with Crippen molar-refractivity contribution in [3.63, 3.8) is 0 Å². The average Bonchev–Trinajstić information content (AvgIpc) is 3.42. The molecule has 1 heterocycles. The first-order valence-corrected chi connectivity index (χ1v) is 13.3. The Kier molecular flexibility index (Phi) is 10.1. The highest BCUT2D eigenvalue weighted by Gasteiger charge is 2.38. The molecule has 5 aromatic rings. The number of aromatic nitrogens is 2. The minimum absolute atomic E-state index is 0.0723. The average molecular weight is 634 g/mol. The van der Waals surface area contributed by atoms with Gasteiger partial charge in [0.15, 0.2) is 0 Å². The molecule has 1 aromatic heterocycles. The number of nitrogens with one attached hydrogen (secondary N) is 2. The second-order valence-corrected chi connectivity index (χ2v) is 9.66. The van der Waals surface area contributed by atoms with Crippen molar-refractivity contribution in [2.24, 2.45) is 5.73 Å². The van der Waals surface area contributed by atoms with Crippen molar-refractivity contribution in [3.8, 4) is 11.1 Å². The maximum absolute atomic E-state index is 13.5. The summed E-state index contributed by atoms with van der Waals surface area (Å²) in [5.41, 5.74) is 10.0. The van der Waals surface area contributed by atoms with Crippen molar-refractivity contribution < 1.29 is 42.5 Å². The van der Waals surface area contributed by atoms with E-state index < -0.39 is 24.0 Å². The quantitative estimate of drug-likeness (QED) is 0.101. The number of carbonyl (C=O) groups is 3. The fourth-order valence-electron chi connectivity index (χ4n) is 4.29. The Labute approximate surface area is 259 Å². The number of amidine groups is 1. The molecule has 46 heavy (non-hydrogen) atoms. The van der Waals surface area contributed by atoms with Gasteiger partial charge in [-0.25, -0.2) is 14.6 Å². The summed E-state index contributed by atoms with van der Waals surface area (Å²) < 4.78 is 39.4. The zero-order chi connectivity index (χ0) is 33.4. The van der Waals surface area contributed by atoms with Crippen LogP contribution in [0.3, 0.4) is 0 Å². The summed E-state index contributed by atoms with van der Waals surface area (Å²) in [6, 6.07) is 26.3. The zero-order valence-corrected chi connectivity index (χ0v) is 23.8. The highest BCUT2D eigenvalue weighted by Crippen LogP contribution is 2.32. The third kappa shape index (κ3) is 8.12. The number of fused-ring (bicyclic) bond motifs is 1. The Bertz CT molecular complexity index is 1890. The number of carboxylic acid groups (broad SMARTS) is 2. The lowest BCUT2D eigenvalue weighted by Gasteiger charge is -2.14. The van der Waals surface area contributed by atoms with Crippen LogP contribution in [-0.2, 0) is 22.9 Å². The van der Waals surface area contributed by atoms with E-state index in [2.05, 4.69) is 10.3 Å². The van der Waals surface area contributed by atoms with Gasteiger partial charge in [-0.1, -0.05) is 48.5 Å². The molecule has 0 atom stereocenters. The number of alkyl halides is 3. The molecule has 1 amide bonds. The van der Waals surface area contributed by atoms with Crippen molar-refractivity contribution >= 4 is 40.4 Å². The monoisotopic (exact) mass is 633 g/mol. The smallest absolute Gasteiger partial charge is 0.478 e. The SMILES string of the molecule is N=C(N)c1ccc(NC(=O)c2cc3ncn(COCc4ccccc4)c3cc2-c2ccccc2C(=O)O)cc1.O=C(O)C(F)(F)F. The summed E-state index contributed by atoms with van der Waals surface area (Å²) in [6.45, 7) is 0.636. The van der Waals surface area contributed by atoms with Crippen LogP contribution in [0.4, 0.5) is 18.9 Å². The number of nitrogen functional groups attached to an aromatic ring is 1. The number of aliphatic carboxylic acids is 1. The van der Waals surface area contributed by atoms with Crippen LogP contribution in [0.1, 0.15) is 31.8 Å². The molecule has 236 valence electrons. The lowest BCUT2D eigenvalue weighted by Crippen LogP contribution is -2.21. The topological polar surface area (TPSA) is 181 Å². The molecule has 0 unspecified atom stereocenters. The molecule has 6 N–H and O–H groups in total. The summed E-state index contributed by atoms with van der Waals surface area (Å²) in [5, 5.41) is 27.4. The standard InChI is InChI=1S/C30H25N5O4.C2HF3O2/c31-28(32)20-10-12-21(13-11-20)34-29(36)25-14-26-27(15-24(25)22-8-4-5-9-23(22)30(37)38)35(17-33-26)18-39-16-19-6-2-1-3-7-19;3-2(4,5)1(6)7/h1-15,17H,16,18H2,(H3,31,32)(H,34,36)(H,37,38);(H,6,7). The highest BCUT2D eigenvalue weighted by molar-refractivity contribution is 6.12. The molecule has 0 aliphatic carbocycles. The van der Waals surface area contributed by atoms with Crippen LogP contribution < -0.4 is 11.1 Å². The predicted molar refractivity (Wildman–Crippen MR) is 162 cm³/mol. The molecule has 14 heteroatoms. The van der Waals surface area contributed by atoms with E-state index >= 15 is 0 Å². The van der Waals surface area contributed by atoms with Gasteiger partial charge in [0.05, 0.1) is 29.5 Å². The number of aromatic carboxylic acids is 1. The molecule has 0 radical (unpaired) electrons. The molecular weight excluding hydrogens is 607 g/mol. The Morgan fingerprint density at radius 1 is 0.891 bits per heavy atom. The van der Waals surface area contributed by atoms with Crippen molar-refractivity contribution in [3.05, 3.63) is 120 Å². The molecule has 0 saturated heterocycles. The van der Waals surface area contributed by atoms with E-state index in [-0.39, 0.29) is 23.7 Å². The first kappa shape index (κ1) is 32.9. The number of ether oxygens (including phenoxy) is 1. The molecular formula is C32H26F3N5O6. The number of hydrogen-bond donors (Lipinski definition) is 5. The molecule has 0 fully saturated rings. The van der Waals surface area contributed by atoms with Gasteiger partial charge in [0.2, 0.25) is 0 Å². The molecule has 11 nitrogen and oxygen atoms in total. The third-order valence-corrected chi connectivity index (χ3v) is 6.49. The van der Waals surface area contributed by atoms with Crippen molar-refractivity contribution in [2.45, 2.75) is 19.5 Å². The molecule has 0 bridgehead atoms. The lowest BCUT2D eigenvalue weighted by molar-refractivity contribution is -0.192. The summed E-state index contributed by atoms with van der Waals surface area (Å²) in [7, 11) is 0. The van der Waals surface area contributed by atoms with E-state index in [0.29, 0.717) is 40.0 Å². The van der Waals surface area contributed by atoms with Gasteiger partial charge in [0.1, 0.15) is 12.6 Å². The minimum atomic E-state index is -5.08. The van der Waals surface area contributed by atoms with Crippen LogP contribution in [0.5, 0.6) is 0 Å². The van der Waals surface area contributed by atoms with Gasteiger partial charge >= 0.3 is 18.1 Å². The van der Waals surface area contributed by atoms with Gasteiger partial charge in [-0.05, 0) is 59.2 Å². The number of amides is 1. The normalized spacial score (nSPS) is 10.9. The van der Waals surface area contributed by atoms with Crippen LogP contribution in [0, 0.1) is 5.41 Å². The molecule has 4 aromatic carbocycles. The number of imidazole rings is 1. The number of nitrogens with two attached hydrogens (primary N) is 1. The second-order valence-electron chi connectivity index (χ2n) is 9.66. The van der Waals surface area contributed by atoms with Crippen LogP contribution in [0.2, 0.25) is 0 Å². The number of carboxylic acids is 2. The maximum Gasteiger partial charge on any atom is 0.490 e. The molecule has 0 aliphatic heterocycles. The van der Waals surface area contributed by atoms with Gasteiger partial charge in [-0.3, -0.25) is 10.2 Å². The van der Waals surface area contributed by atoms with Gasteiger partial charge in [0, 0.05) is 16.8 Å². The molecule has 5 rings (SSSR count). The van der Waals surface area contributed by atoms with E-state index in [9.17, 15) is 27.9 Å². The number of rotatable bonds is 9. The number of hydrogen-bond acceptors (Lipinski definition) is 6. The van der Waals surface area contributed by atoms with Crippen LogP contribution in [0.15, 0.2) is 97.3 Å². The largest absolute Gasteiger partial charge is 0.490 e. The summed E-state index contributed by atoms with van der Waals surface area (Å²) in [6.07, 6.45) is -3.45. The van der Waals surface area contributed by atoms with E-state index in [1.165, 1.54) is 6.07 Å². The fourth-order valence-corrected chi connectivity index (χ4v) is 4.29. The van der Waals surface area contributed by atoms with E-state index in [1.54, 1.807) is 60.9 Å². The highest BCUT2D eigenvalue weighted by atomic mass is 19.4. The zero-order valence-electron chi connectivity index (χ0n) is 23.8. The summed E-state index contributed by atoms with van der Waals surface area (Å²) >= 11 is 0. The first-order valence-electron chi connectivity index (χ1n) is 13.3. The molecule has 0 spiro atoms. The third-order valence-electron chi connectivity index (χ3n) is 6.49. The Balaban J connectivity index is 0.000000617. The predicted octanol–water partition coefficient (Wildman–Crippen LogP) is 5.75. The van der Waals surface area contributed by atoms with Crippen molar-refractivity contribution in [1.29, 1.82) is 5.41 Å². The van der Waals surface area contributed by atoms with Gasteiger partial charge < -0.3 is 30.6 Å². The number of anilines is 1.